The zero-order chi connectivity index (χ0) is 54.8. The van der Waals surface area contributed by atoms with Gasteiger partial charge < -0.3 is 33.3 Å². The van der Waals surface area contributed by atoms with Crippen LogP contribution in [0, 0.1) is 0 Å². The quantitative estimate of drug-likeness (QED) is 0.0195. The summed E-state index contributed by atoms with van der Waals surface area (Å²) in [6.45, 7) is 4.55. The Morgan fingerprint density at radius 1 is 0.413 bits per heavy atom. The maximum Gasteiger partial charge on any atom is 0.306 e. The Morgan fingerprint density at radius 3 is 1.13 bits per heavy atom. The number of unbranched alkanes of at least 4 members (excludes halogenated alkanes) is 15. The maximum absolute atomic E-state index is 12.9. The molecule has 0 saturated carbocycles. The number of carbonyl (C=O) groups is 3. The van der Waals surface area contributed by atoms with Gasteiger partial charge in [-0.3, -0.25) is 9.59 Å². The van der Waals surface area contributed by atoms with E-state index in [1.54, 1.807) is 0 Å². The van der Waals surface area contributed by atoms with Crippen LogP contribution in [0.3, 0.4) is 0 Å². The second kappa shape index (κ2) is 55.7. The average molecular weight is 1040 g/mol. The number of carbonyl (C=O) groups excluding carboxylic acids is 3. The van der Waals surface area contributed by atoms with Crippen LogP contribution in [-0.4, -0.2) is 82.3 Å². The summed E-state index contributed by atoms with van der Waals surface area (Å²) >= 11 is 0. The second-order valence-corrected chi connectivity index (χ2v) is 20.2. The molecule has 0 aliphatic heterocycles. The number of hydrogen-bond acceptors (Lipinski definition) is 8. The Hall–Kier alpha value is -4.57. The van der Waals surface area contributed by atoms with E-state index in [1.165, 1.54) is 44.9 Å². The van der Waals surface area contributed by atoms with Crippen molar-refractivity contribution in [3.05, 3.63) is 134 Å². The van der Waals surface area contributed by atoms with E-state index in [1.807, 2.05) is 21.1 Å². The van der Waals surface area contributed by atoms with E-state index in [0.29, 0.717) is 17.4 Å². The summed E-state index contributed by atoms with van der Waals surface area (Å²) in [5.41, 5.74) is 0. The fourth-order valence-electron chi connectivity index (χ4n) is 7.38. The molecule has 424 valence electrons. The van der Waals surface area contributed by atoms with Crippen LogP contribution in [0.5, 0.6) is 0 Å². The Labute approximate surface area is 459 Å². The van der Waals surface area contributed by atoms with Crippen molar-refractivity contribution in [2.75, 3.05) is 47.5 Å². The molecule has 0 saturated heterocycles. The van der Waals surface area contributed by atoms with E-state index in [4.69, 9.17) is 18.9 Å². The van der Waals surface area contributed by atoms with Gasteiger partial charge in [0.1, 0.15) is 13.2 Å². The predicted molar refractivity (Wildman–Crippen MR) is 315 cm³/mol. The molecule has 9 heteroatoms. The number of carboxylic acids is 1. The van der Waals surface area contributed by atoms with Crippen LogP contribution < -0.4 is 5.11 Å². The van der Waals surface area contributed by atoms with Crippen molar-refractivity contribution in [3.8, 4) is 0 Å². The number of aliphatic carboxylic acids is 1. The Balaban J connectivity index is 4.32. The number of esters is 2. The molecule has 0 aliphatic rings. The third-order valence-electron chi connectivity index (χ3n) is 11.9. The highest BCUT2D eigenvalue weighted by molar-refractivity contribution is 5.70. The Kier molecular flexibility index (Phi) is 52.3. The van der Waals surface area contributed by atoms with Gasteiger partial charge in [-0.05, 0) is 116 Å². The highest BCUT2D eigenvalue weighted by Crippen LogP contribution is 2.13. The molecule has 0 aliphatic carbocycles. The van der Waals surface area contributed by atoms with E-state index in [-0.39, 0.29) is 38.6 Å². The lowest BCUT2D eigenvalue weighted by atomic mass is 10.1. The molecule has 0 N–H and O–H groups in total. The lowest BCUT2D eigenvalue weighted by Gasteiger charge is -2.26. The van der Waals surface area contributed by atoms with E-state index >= 15 is 0 Å². The molecule has 2 unspecified atom stereocenters. The zero-order valence-electron chi connectivity index (χ0n) is 48.1. The molecule has 0 bridgehead atoms. The highest BCUT2D eigenvalue weighted by atomic mass is 16.7. The average Bonchev–Trinajstić information content (AvgIpc) is 3.38. The fourth-order valence-corrected chi connectivity index (χ4v) is 7.38. The molecule has 0 aromatic heterocycles. The predicted octanol–water partition coefficient (Wildman–Crippen LogP) is 16.1. The molecule has 0 aromatic rings. The van der Waals surface area contributed by atoms with Crippen molar-refractivity contribution in [3.63, 3.8) is 0 Å². The number of rotatable bonds is 52. The first-order valence-electron chi connectivity index (χ1n) is 29.3. The molecule has 9 nitrogen and oxygen atoms in total. The van der Waals surface area contributed by atoms with Gasteiger partial charge in [0, 0.05) is 12.8 Å². The standard InChI is InChI=1S/C66H107NO8/c1-6-8-10-12-14-16-18-20-22-24-25-26-27-28-29-30-31-32-33-34-35-36-37-38-39-41-43-45-47-49-51-53-55-57-64(69)75-62(61-74-66(65(70)71)72-59-58-67(3,4)5)60-73-63(68)56-54-52-50-48-46-44-42-40-23-21-19-17-15-13-11-9-7-2/h8,10,14-17,20-23,25-26,28-29,31-32,34-35,37-38,41,43,62,66H,6-7,9,11-13,18-19,24,27,30,33,36,39-40,42,44-61H2,1-5H3/b10-8-,16-14-,17-15-,22-20-,23-21-,26-25-,29-28-,32-31-,35-34-,38-37-,43-41-. The van der Waals surface area contributed by atoms with E-state index in [2.05, 4.69) is 148 Å². The lowest BCUT2D eigenvalue weighted by Crippen LogP contribution is -2.44. The van der Waals surface area contributed by atoms with Crippen LogP contribution in [0.1, 0.15) is 206 Å². The monoisotopic (exact) mass is 1040 g/mol. The Bertz CT molecular complexity index is 1690. The normalized spacial score (nSPS) is 13.8. The third-order valence-corrected chi connectivity index (χ3v) is 11.9. The summed E-state index contributed by atoms with van der Waals surface area (Å²) in [6, 6.07) is 0. The first-order valence-corrected chi connectivity index (χ1v) is 29.3. The molecular formula is C66H107NO8. The first-order chi connectivity index (χ1) is 36.6. The number of allylic oxidation sites excluding steroid dienone is 22. The zero-order valence-corrected chi connectivity index (χ0v) is 48.1. The van der Waals surface area contributed by atoms with E-state index in [0.717, 1.165) is 128 Å². The third kappa shape index (κ3) is 57.0. The number of carboxylic acid groups (broad SMARTS) is 1. The highest BCUT2D eigenvalue weighted by Gasteiger charge is 2.22. The van der Waals surface area contributed by atoms with E-state index < -0.39 is 24.3 Å². The van der Waals surface area contributed by atoms with Gasteiger partial charge in [0.25, 0.3) is 0 Å². The van der Waals surface area contributed by atoms with Crippen molar-refractivity contribution in [2.24, 2.45) is 0 Å². The van der Waals surface area contributed by atoms with Gasteiger partial charge >= 0.3 is 11.9 Å². The smallest absolute Gasteiger partial charge is 0.306 e. The maximum atomic E-state index is 12.9. The minimum absolute atomic E-state index is 0.135. The first kappa shape index (κ1) is 70.4. The topological polar surface area (TPSA) is 111 Å². The molecule has 0 radical (unpaired) electrons. The van der Waals surface area contributed by atoms with Gasteiger partial charge in [0.2, 0.25) is 0 Å². The van der Waals surface area contributed by atoms with Crippen LogP contribution in [0.25, 0.3) is 0 Å². The van der Waals surface area contributed by atoms with Crippen molar-refractivity contribution in [1.82, 2.24) is 0 Å². The molecule has 0 rings (SSSR count). The minimum Gasteiger partial charge on any atom is -0.545 e. The fraction of sp³-hybridized carbons (Fsp3) is 0.621. The number of likely N-dealkylation sites (N-methyl/N-ethyl adjacent to an activating group) is 1. The number of ether oxygens (including phenoxy) is 4. The summed E-state index contributed by atoms with van der Waals surface area (Å²) in [7, 11) is 5.90. The number of nitrogens with zero attached hydrogens (tertiary/aromatic N) is 1. The lowest BCUT2D eigenvalue weighted by molar-refractivity contribution is -0.870. The molecule has 0 fully saturated rings. The summed E-state index contributed by atoms with van der Waals surface area (Å²) in [5.74, 6) is -2.34. The SMILES string of the molecule is CC/C=C\C/C=C\C/C=C\C/C=C\C/C=C\C/C=C\C/C=C\C/C=C\C/C=C\CCCCCCCC(=O)OC(COC(=O)CCCCCCCCC/C=C\C/C=C\CCCCC)COC(OCC[N+](C)(C)C)C(=O)[O-]. The summed E-state index contributed by atoms with van der Waals surface area (Å²) < 4.78 is 22.6. The van der Waals surface area contributed by atoms with Crippen LogP contribution in [0.4, 0.5) is 0 Å². The molecule has 0 spiro atoms. The van der Waals surface area contributed by atoms with Gasteiger partial charge in [-0.1, -0.05) is 212 Å². The van der Waals surface area contributed by atoms with Crippen molar-refractivity contribution < 1.29 is 42.9 Å². The van der Waals surface area contributed by atoms with Crippen LogP contribution >= 0.6 is 0 Å². The minimum atomic E-state index is -1.64. The number of hydrogen-bond donors (Lipinski definition) is 0. The molecule has 0 aromatic carbocycles. The summed E-state index contributed by atoms with van der Waals surface area (Å²) in [5, 5.41) is 11.8. The molecule has 0 heterocycles. The Morgan fingerprint density at radius 2 is 0.760 bits per heavy atom. The van der Waals surface area contributed by atoms with E-state index in [9.17, 15) is 19.5 Å². The van der Waals surface area contributed by atoms with Crippen LogP contribution in [0.2, 0.25) is 0 Å². The van der Waals surface area contributed by atoms with Gasteiger partial charge in [0.05, 0.1) is 40.3 Å². The molecule has 2 atom stereocenters. The van der Waals surface area contributed by atoms with Crippen LogP contribution in [0.15, 0.2) is 134 Å². The summed E-state index contributed by atoms with van der Waals surface area (Å²) in [6.07, 6.45) is 76.4. The molecule has 75 heavy (non-hydrogen) atoms. The molecular weight excluding hydrogens is 935 g/mol. The van der Waals surface area contributed by atoms with Crippen molar-refractivity contribution in [1.29, 1.82) is 0 Å². The van der Waals surface area contributed by atoms with Crippen LogP contribution in [-0.2, 0) is 33.3 Å². The van der Waals surface area contributed by atoms with Crippen molar-refractivity contribution in [2.45, 2.75) is 219 Å². The summed E-state index contributed by atoms with van der Waals surface area (Å²) in [4.78, 5) is 37.3. The van der Waals surface area contributed by atoms with Gasteiger partial charge in [-0.2, -0.15) is 0 Å². The second-order valence-electron chi connectivity index (χ2n) is 20.2. The largest absolute Gasteiger partial charge is 0.545 e. The van der Waals surface area contributed by atoms with Gasteiger partial charge in [-0.15, -0.1) is 0 Å². The van der Waals surface area contributed by atoms with Crippen molar-refractivity contribution >= 4 is 17.9 Å². The molecule has 0 amide bonds. The van der Waals surface area contributed by atoms with Gasteiger partial charge in [-0.25, -0.2) is 0 Å². The number of quaternary nitrogens is 1. The van der Waals surface area contributed by atoms with Gasteiger partial charge in [0.15, 0.2) is 12.4 Å².